The van der Waals surface area contributed by atoms with Gasteiger partial charge in [-0.05, 0) is 18.2 Å². The predicted octanol–water partition coefficient (Wildman–Crippen LogP) is 1.76. The maximum absolute atomic E-state index is 12.6. The molecule has 7 nitrogen and oxygen atoms in total. The molecular weight excluding hydrogens is 368 g/mol. The van der Waals surface area contributed by atoms with Crippen molar-refractivity contribution in [2.24, 2.45) is 0 Å². The van der Waals surface area contributed by atoms with Gasteiger partial charge in [0.2, 0.25) is 0 Å². The van der Waals surface area contributed by atoms with E-state index in [1.165, 1.54) is 7.11 Å². The maximum Gasteiger partial charge on any atom is 0.338 e. The van der Waals surface area contributed by atoms with Gasteiger partial charge in [-0.15, -0.1) is 0 Å². The number of likely N-dealkylation sites (N-methyl/N-ethyl adjacent to an activating group) is 1. The second-order valence-electron chi connectivity index (χ2n) is 6.65. The van der Waals surface area contributed by atoms with Gasteiger partial charge in [-0.25, -0.2) is 9.59 Å². The molecule has 8 heteroatoms. The number of hydrogen-bond acceptors (Lipinski definition) is 5. The Morgan fingerprint density at radius 2 is 1.89 bits per heavy atom. The summed E-state index contributed by atoms with van der Waals surface area (Å²) in [4.78, 5) is 29.5. The van der Waals surface area contributed by atoms with E-state index in [4.69, 9.17) is 16.3 Å². The van der Waals surface area contributed by atoms with Crippen LogP contribution >= 0.6 is 11.6 Å². The monoisotopic (exact) mass is 392 g/mol. The molecule has 0 unspecified atom stereocenters. The average molecular weight is 393 g/mol. The van der Waals surface area contributed by atoms with Crippen molar-refractivity contribution in [1.29, 1.82) is 0 Å². The van der Waals surface area contributed by atoms with Crippen molar-refractivity contribution >= 4 is 23.6 Å². The molecule has 0 spiro atoms. The first-order valence-corrected chi connectivity index (χ1v) is 9.49. The largest absolute Gasteiger partial charge is 0.466 e. The number of urea groups is 1. The molecule has 27 heavy (non-hydrogen) atoms. The fourth-order valence-electron chi connectivity index (χ4n) is 3.52. The van der Waals surface area contributed by atoms with E-state index >= 15 is 0 Å². The summed E-state index contributed by atoms with van der Waals surface area (Å²) in [7, 11) is 1.34. The van der Waals surface area contributed by atoms with Crippen LogP contribution in [0.15, 0.2) is 35.5 Å². The van der Waals surface area contributed by atoms with E-state index in [1.807, 2.05) is 12.1 Å². The topological polar surface area (TPSA) is 73.9 Å². The molecule has 3 rings (SSSR count). The van der Waals surface area contributed by atoms with E-state index in [1.54, 1.807) is 12.1 Å². The number of carbonyl (C=O) groups is 2. The lowest BCUT2D eigenvalue weighted by Crippen LogP contribution is -2.51. The molecule has 2 aliphatic heterocycles. The van der Waals surface area contributed by atoms with Crippen LogP contribution in [0.4, 0.5) is 4.79 Å². The zero-order chi connectivity index (χ0) is 19.4. The van der Waals surface area contributed by atoms with Crippen LogP contribution in [0.5, 0.6) is 0 Å². The van der Waals surface area contributed by atoms with Gasteiger partial charge in [-0.2, -0.15) is 0 Å². The number of hydrogen-bond donors (Lipinski definition) is 2. The zero-order valence-electron chi connectivity index (χ0n) is 15.6. The fourth-order valence-corrected chi connectivity index (χ4v) is 3.77. The highest BCUT2D eigenvalue weighted by atomic mass is 35.5. The lowest BCUT2D eigenvalue weighted by Gasteiger charge is -2.36. The van der Waals surface area contributed by atoms with Crippen LogP contribution in [0.1, 0.15) is 18.5 Å². The molecule has 1 fully saturated rings. The summed E-state index contributed by atoms with van der Waals surface area (Å²) in [6.45, 7) is 7.36. The van der Waals surface area contributed by atoms with E-state index in [-0.39, 0.29) is 6.03 Å². The summed E-state index contributed by atoms with van der Waals surface area (Å²) in [5, 5.41) is 6.09. The first-order chi connectivity index (χ1) is 13.0. The summed E-state index contributed by atoms with van der Waals surface area (Å²) in [6.07, 6.45) is 0. The van der Waals surface area contributed by atoms with Gasteiger partial charge in [-0.1, -0.05) is 36.7 Å². The number of amides is 2. The van der Waals surface area contributed by atoms with Crippen molar-refractivity contribution in [2.45, 2.75) is 13.0 Å². The summed E-state index contributed by atoms with van der Waals surface area (Å²) >= 11 is 6.33. The highest BCUT2D eigenvalue weighted by Crippen LogP contribution is 2.32. The normalized spacial score (nSPS) is 21.6. The number of rotatable bonds is 5. The zero-order valence-corrected chi connectivity index (χ0v) is 16.4. The summed E-state index contributed by atoms with van der Waals surface area (Å²) in [5.41, 5.74) is 1.63. The van der Waals surface area contributed by atoms with Crippen LogP contribution in [0.2, 0.25) is 5.02 Å². The molecule has 0 aliphatic carbocycles. The van der Waals surface area contributed by atoms with Crippen LogP contribution < -0.4 is 10.6 Å². The highest BCUT2D eigenvalue weighted by Gasteiger charge is 2.35. The Labute approximate surface area is 164 Å². The van der Waals surface area contributed by atoms with Gasteiger partial charge in [0.25, 0.3) is 0 Å². The van der Waals surface area contributed by atoms with Crippen molar-refractivity contribution in [2.75, 3.05) is 46.4 Å². The smallest absolute Gasteiger partial charge is 0.338 e. The molecule has 1 aromatic rings. The summed E-state index contributed by atoms with van der Waals surface area (Å²) in [5.74, 6) is -0.477. The third-order valence-electron chi connectivity index (χ3n) is 5.07. The third kappa shape index (κ3) is 4.43. The van der Waals surface area contributed by atoms with E-state index in [2.05, 4.69) is 27.4 Å². The number of benzene rings is 1. The van der Waals surface area contributed by atoms with E-state index in [0.717, 1.165) is 32.7 Å². The number of methoxy groups -OCH3 is 1. The Bertz CT molecular complexity index is 744. The molecule has 2 amide bonds. The van der Waals surface area contributed by atoms with Crippen molar-refractivity contribution in [3.05, 3.63) is 46.1 Å². The van der Waals surface area contributed by atoms with Crippen molar-refractivity contribution in [3.8, 4) is 0 Å². The molecule has 0 aromatic heterocycles. The van der Waals surface area contributed by atoms with Gasteiger partial charge >= 0.3 is 12.0 Å². The molecule has 1 aromatic carbocycles. The predicted molar refractivity (Wildman–Crippen MR) is 103 cm³/mol. The van der Waals surface area contributed by atoms with E-state index < -0.39 is 12.0 Å². The van der Waals surface area contributed by atoms with Gasteiger partial charge in [0, 0.05) is 43.4 Å². The van der Waals surface area contributed by atoms with E-state index in [0.29, 0.717) is 28.4 Å². The van der Waals surface area contributed by atoms with Crippen LogP contribution in [-0.4, -0.2) is 68.2 Å². The minimum Gasteiger partial charge on any atom is -0.466 e. The van der Waals surface area contributed by atoms with Gasteiger partial charge in [0.05, 0.1) is 18.7 Å². The van der Waals surface area contributed by atoms with Gasteiger partial charge < -0.3 is 20.3 Å². The molecule has 146 valence electrons. The Morgan fingerprint density at radius 3 is 2.52 bits per heavy atom. The minimum absolute atomic E-state index is 0.352. The number of nitrogens with one attached hydrogen (secondary N) is 2. The minimum atomic E-state index is -0.646. The fraction of sp³-hybridized carbons (Fsp3) is 0.474. The average Bonchev–Trinajstić information content (AvgIpc) is 2.68. The second kappa shape index (κ2) is 8.73. The van der Waals surface area contributed by atoms with Crippen LogP contribution in [0.3, 0.4) is 0 Å². The van der Waals surface area contributed by atoms with Crippen molar-refractivity contribution < 1.29 is 14.3 Å². The number of halogens is 1. The van der Waals surface area contributed by atoms with Crippen LogP contribution in [0.25, 0.3) is 0 Å². The van der Waals surface area contributed by atoms with Crippen LogP contribution in [0, 0.1) is 0 Å². The molecular formula is C19H25ClN4O3. The second-order valence-corrected chi connectivity index (χ2v) is 7.05. The molecule has 1 atom stereocenters. The number of nitrogens with zero attached hydrogens (tertiary/aromatic N) is 2. The first kappa shape index (κ1) is 19.7. The van der Waals surface area contributed by atoms with Gasteiger partial charge in [0.15, 0.2) is 0 Å². The number of piperazine rings is 1. The Hall–Kier alpha value is -2.09. The Morgan fingerprint density at radius 1 is 1.22 bits per heavy atom. The molecule has 0 bridgehead atoms. The standard InChI is InChI=1S/C19H25ClN4O3/c1-3-23-8-10-24(11-9-23)12-15-16(18(25)27-2)17(22-19(26)21-15)13-6-4-5-7-14(13)20/h4-7,17H,3,8-12H2,1-2H3,(H2,21,22,26)/t17-/m1/s1. The maximum atomic E-state index is 12.6. The van der Waals surface area contributed by atoms with Crippen molar-refractivity contribution in [1.82, 2.24) is 20.4 Å². The summed E-state index contributed by atoms with van der Waals surface area (Å²) < 4.78 is 5.01. The van der Waals surface area contributed by atoms with Gasteiger partial charge in [-0.3, -0.25) is 4.90 Å². The quantitative estimate of drug-likeness (QED) is 0.747. The molecule has 2 heterocycles. The van der Waals surface area contributed by atoms with Crippen molar-refractivity contribution in [3.63, 3.8) is 0 Å². The molecule has 1 saturated heterocycles. The Balaban J connectivity index is 1.92. The lowest BCUT2D eigenvalue weighted by atomic mass is 9.95. The first-order valence-electron chi connectivity index (χ1n) is 9.11. The van der Waals surface area contributed by atoms with E-state index in [9.17, 15) is 9.59 Å². The molecule has 2 N–H and O–H groups in total. The lowest BCUT2D eigenvalue weighted by molar-refractivity contribution is -0.136. The summed E-state index contributed by atoms with van der Waals surface area (Å²) in [6, 6.07) is 6.18. The van der Waals surface area contributed by atoms with Gasteiger partial charge in [0.1, 0.15) is 0 Å². The number of ether oxygens (including phenoxy) is 1. The van der Waals surface area contributed by atoms with Crippen LogP contribution in [-0.2, 0) is 9.53 Å². The highest BCUT2D eigenvalue weighted by molar-refractivity contribution is 6.31. The molecule has 0 radical (unpaired) electrons. The third-order valence-corrected chi connectivity index (χ3v) is 5.41. The molecule has 0 saturated carbocycles. The number of esters is 1. The SMILES string of the molecule is CCN1CCN(CC2=C(C(=O)OC)[C@@H](c3ccccc3Cl)NC(=O)N2)CC1. The number of carbonyl (C=O) groups excluding carboxylic acids is 2. The Kier molecular flexibility index (Phi) is 6.36. The molecule has 2 aliphatic rings.